The van der Waals surface area contributed by atoms with Gasteiger partial charge < -0.3 is 10.6 Å². The van der Waals surface area contributed by atoms with E-state index in [1.165, 1.54) is 0 Å². The number of anilines is 2. The first kappa shape index (κ1) is 13.4. The van der Waals surface area contributed by atoms with Crippen LogP contribution in [-0.4, -0.2) is 24.2 Å². The number of nitrogens with one attached hydrogen (secondary N) is 2. The summed E-state index contributed by atoms with van der Waals surface area (Å²) < 4.78 is 0. The molecule has 19 heavy (non-hydrogen) atoms. The molecule has 5 heteroatoms. The zero-order valence-corrected chi connectivity index (χ0v) is 11.6. The largest absolute Gasteiger partial charge is 0.387 e. The molecule has 0 saturated carbocycles. The van der Waals surface area contributed by atoms with Gasteiger partial charge in [-0.3, -0.25) is 9.78 Å². The Labute approximate surface area is 116 Å². The Bertz CT molecular complexity index is 586. The summed E-state index contributed by atoms with van der Waals surface area (Å²) >= 11 is 1.60. The Morgan fingerprint density at radius 1 is 1.21 bits per heavy atom. The topological polar surface area (TPSA) is 54.0 Å². The van der Waals surface area contributed by atoms with E-state index in [1.54, 1.807) is 37.3 Å². The molecular formula is C14H15N3OS. The summed E-state index contributed by atoms with van der Waals surface area (Å²) in [5.74, 6) is -0.168. The molecule has 98 valence electrons. The van der Waals surface area contributed by atoms with Crippen molar-refractivity contribution in [2.75, 3.05) is 23.9 Å². The third-order valence-electron chi connectivity index (χ3n) is 2.69. The number of carbonyl (C=O) groups is 1. The van der Waals surface area contributed by atoms with Crippen LogP contribution < -0.4 is 10.6 Å². The molecule has 1 amide bonds. The van der Waals surface area contributed by atoms with Crippen LogP contribution in [0.4, 0.5) is 11.4 Å². The van der Waals surface area contributed by atoms with Crippen LogP contribution in [0.5, 0.6) is 0 Å². The average Bonchev–Trinajstić information content (AvgIpc) is 2.47. The minimum absolute atomic E-state index is 0.168. The third-order valence-corrected chi connectivity index (χ3v) is 3.49. The van der Waals surface area contributed by atoms with Crippen molar-refractivity contribution >= 4 is 29.0 Å². The SMILES string of the molecule is CNc1ccncc1C(=O)Nc1ccccc1SC. The second kappa shape index (κ2) is 6.24. The van der Waals surface area contributed by atoms with Crippen LogP contribution in [0.3, 0.4) is 0 Å². The van der Waals surface area contributed by atoms with Crippen molar-refractivity contribution in [1.29, 1.82) is 0 Å². The van der Waals surface area contributed by atoms with E-state index in [-0.39, 0.29) is 5.91 Å². The van der Waals surface area contributed by atoms with Crippen LogP contribution in [0.15, 0.2) is 47.6 Å². The van der Waals surface area contributed by atoms with Gasteiger partial charge in [-0.15, -0.1) is 11.8 Å². The second-order valence-corrected chi connectivity index (χ2v) is 4.67. The number of hydrogen-bond acceptors (Lipinski definition) is 4. The Morgan fingerprint density at radius 3 is 2.74 bits per heavy atom. The molecule has 2 N–H and O–H groups in total. The molecule has 0 radical (unpaired) electrons. The fourth-order valence-electron chi connectivity index (χ4n) is 1.73. The predicted molar refractivity (Wildman–Crippen MR) is 80.0 cm³/mol. The number of carbonyl (C=O) groups excluding carboxylic acids is 1. The molecular weight excluding hydrogens is 258 g/mol. The van der Waals surface area contributed by atoms with E-state index in [0.717, 1.165) is 16.3 Å². The molecule has 2 rings (SSSR count). The number of benzene rings is 1. The average molecular weight is 273 g/mol. The van der Waals surface area contributed by atoms with Gasteiger partial charge in [0.05, 0.1) is 11.3 Å². The van der Waals surface area contributed by atoms with Gasteiger partial charge >= 0.3 is 0 Å². The van der Waals surface area contributed by atoms with Crippen LogP contribution in [0.2, 0.25) is 0 Å². The zero-order chi connectivity index (χ0) is 13.7. The first-order chi connectivity index (χ1) is 9.26. The maximum absolute atomic E-state index is 12.3. The first-order valence-corrected chi connectivity index (χ1v) is 7.05. The maximum atomic E-state index is 12.3. The van der Waals surface area contributed by atoms with Crippen LogP contribution in [0.1, 0.15) is 10.4 Å². The van der Waals surface area contributed by atoms with Crippen LogP contribution in [-0.2, 0) is 0 Å². The van der Waals surface area contributed by atoms with Gasteiger partial charge in [0.1, 0.15) is 0 Å². The molecule has 2 aromatic rings. The highest BCUT2D eigenvalue weighted by atomic mass is 32.2. The highest BCUT2D eigenvalue weighted by molar-refractivity contribution is 7.98. The summed E-state index contributed by atoms with van der Waals surface area (Å²) in [6.45, 7) is 0. The van der Waals surface area contributed by atoms with E-state index in [0.29, 0.717) is 5.56 Å². The molecule has 0 unspecified atom stereocenters. The number of amides is 1. The van der Waals surface area contributed by atoms with Crippen LogP contribution >= 0.6 is 11.8 Å². The van der Waals surface area contributed by atoms with Gasteiger partial charge in [-0.25, -0.2) is 0 Å². The van der Waals surface area contributed by atoms with E-state index in [2.05, 4.69) is 15.6 Å². The third kappa shape index (κ3) is 3.06. The van der Waals surface area contributed by atoms with E-state index in [9.17, 15) is 4.79 Å². The molecule has 1 aromatic carbocycles. The number of para-hydroxylation sites is 1. The molecule has 0 saturated heterocycles. The van der Waals surface area contributed by atoms with Crippen molar-refractivity contribution in [3.8, 4) is 0 Å². The lowest BCUT2D eigenvalue weighted by atomic mass is 10.2. The highest BCUT2D eigenvalue weighted by Crippen LogP contribution is 2.25. The van der Waals surface area contributed by atoms with Gasteiger partial charge in [0.25, 0.3) is 5.91 Å². The number of thioether (sulfide) groups is 1. The van der Waals surface area contributed by atoms with E-state index >= 15 is 0 Å². The first-order valence-electron chi connectivity index (χ1n) is 5.82. The molecule has 1 aromatic heterocycles. The van der Waals surface area contributed by atoms with Gasteiger partial charge in [-0.2, -0.15) is 0 Å². The lowest BCUT2D eigenvalue weighted by Crippen LogP contribution is -2.14. The van der Waals surface area contributed by atoms with Crippen molar-refractivity contribution in [2.24, 2.45) is 0 Å². The summed E-state index contributed by atoms with van der Waals surface area (Å²) in [7, 11) is 1.78. The van der Waals surface area contributed by atoms with Crippen LogP contribution in [0.25, 0.3) is 0 Å². The monoisotopic (exact) mass is 273 g/mol. The lowest BCUT2D eigenvalue weighted by Gasteiger charge is -2.11. The normalized spacial score (nSPS) is 10.0. The standard InChI is InChI=1S/C14H15N3OS/c1-15-11-7-8-16-9-10(11)14(18)17-12-5-3-4-6-13(12)19-2/h3-9H,1-2H3,(H,15,16)(H,17,18). The number of hydrogen-bond donors (Lipinski definition) is 2. The van der Waals surface area contributed by atoms with Crippen molar-refractivity contribution in [3.05, 3.63) is 48.3 Å². The molecule has 0 atom stereocenters. The summed E-state index contributed by atoms with van der Waals surface area (Å²) in [5.41, 5.74) is 2.10. The fraction of sp³-hybridized carbons (Fsp3) is 0.143. The van der Waals surface area contributed by atoms with Gasteiger partial charge in [0.2, 0.25) is 0 Å². The van der Waals surface area contributed by atoms with Gasteiger partial charge in [0, 0.05) is 30.0 Å². The summed E-state index contributed by atoms with van der Waals surface area (Å²) in [6, 6.07) is 9.49. The van der Waals surface area contributed by atoms with Crippen molar-refractivity contribution in [2.45, 2.75) is 4.90 Å². The quantitative estimate of drug-likeness (QED) is 0.840. The highest BCUT2D eigenvalue weighted by Gasteiger charge is 2.12. The molecule has 4 nitrogen and oxygen atoms in total. The molecule has 0 spiro atoms. The smallest absolute Gasteiger partial charge is 0.259 e. The predicted octanol–water partition coefficient (Wildman–Crippen LogP) is 3.10. The van der Waals surface area contributed by atoms with Crippen molar-refractivity contribution < 1.29 is 4.79 Å². The number of aromatic nitrogens is 1. The van der Waals surface area contributed by atoms with Crippen molar-refractivity contribution in [1.82, 2.24) is 4.98 Å². The summed E-state index contributed by atoms with van der Waals surface area (Å²) in [5, 5.41) is 5.90. The van der Waals surface area contributed by atoms with E-state index in [1.807, 2.05) is 30.5 Å². The molecule has 0 aliphatic heterocycles. The fourth-order valence-corrected chi connectivity index (χ4v) is 2.28. The summed E-state index contributed by atoms with van der Waals surface area (Å²) in [4.78, 5) is 17.3. The Morgan fingerprint density at radius 2 is 2.00 bits per heavy atom. The molecule has 0 fully saturated rings. The Hall–Kier alpha value is -2.01. The summed E-state index contributed by atoms with van der Waals surface area (Å²) in [6.07, 6.45) is 5.19. The Balaban J connectivity index is 2.26. The molecule has 1 heterocycles. The molecule has 0 aliphatic carbocycles. The minimum atomic E-state index is -0.168. The number of pyridine rings is 1. The maximum Gasteiger partial charge on any atom is 0.259 e. The zero-order valence-electron chi connectivity index (χ0n) is 10.8. The lowest BCUT2D eigenvalue weighted by molar-refractivity contribution is 0.102. The molecule has 0 aliphatic rings. The number of nitrogens with zero attached hydrogens (tertiary/aromatic N) is 1. The Kier molecular flexibility index (Phi) is 4.41. The van der Waals surface area contributed by atoms with Gasteiger partial charge in [-0.05, 0) is 24.5 Å². The minimum Gasteiger partial charge on any atom is -0.387 e. The van der Waals surface area contributed by atoms with Gasteiger partial charge in [0.15, 0.2) is 0 Å². The van der Waals surface area contributed by atoms with Crippen LogP contribution in [0, 0.1) is 0 Å². The van der Waals surface area contributed by atoms with E-state index in [4.69, 9.17) is 0 Å². The van der Waals surface area contributed by atoms with Gasteiger partial charge in [-0.1, -0.05) is 12.1 Å². The number of rotatable bonds is 4. The van der Waals surface area contributed by atoms with E-state index < -0.39 is 0 Å². The molecule has 0 bridgehead atoms. The second-order valence-electron chi connectivity index (χ2n) is 3.83. The van der Waals surface area contributed by atoms with Crippen molar-refractivity contribution in [3.63, 3.8) is 0 Å².